The van der Waals surface area contributed by atoms with Gasteiger partial charge in [-0.1, -0.05) is 0 Å². The van der Waals surface area contributed by atoms with Crippen LogP contribution in [0, 0.1) is 0 Å². The first-order valence-electron chi connectivity index (χ1n) is 7.55. The van der Waals surface area contributed by atoms with Gasteiger partial charge in [-0.15, -0.1) is 11.8 Å². The van der Waals surface area contributed by atoms with Gasteiger partial charge in [-0.2, -0.15) is 0 Å². The number of aromatic nitrogens is 1. The van der Waals surface area contributed by atoms with Gasteiger partial charge in [0.2, 0.25) is 5.91 Å². The summed E-state index contributed by atoms with van der Waals surface area (Å²) in [5.41, 5.74) is 0.656. The molecule has 118 valence electrons. The smallest absolute Gasteiger partial charge is 0.254 e. The minimum absolute atomic E-state index is 0.0197. The van der Waals surface area contributed by atoms with Crippen LogP contribution in [0.25, 0.3) is 0 Å². The first-order chi connectivity index (χ1) is 10.8. The molecular formula is C15H20N4O2S. The Hall–Kier alpha value is -1.60. The molecule has 1 unspecified atom stereocenters. The predicted molar refractivity (Wildman–Crippen MR) is 85.6 cm³/mol. The maximum atomic E-state index is 12.5. The fourth-order valence-electron chi connectivity index (χ4n) is 2.79. The van der Waals surface area contributed by atoms with Gasteiger partial charge in [-0.05, 0) is 18.6 Å². The molecule has 2 aliphatic rings. The molecule has 1 N–H and O–H groups in total. The Kier molecular flexibility index (Phi) is 4.94. The molecule has 0 aromatic carbocycles. The molecule has 22 heavy (non-hydrogen) atoms. The number of amides is 2. The molecule has 2 fully saturated rings. The first kappa shape index (κ1) is 15.3. The van der Waals surface area contributed by atoms with Crippen molar-refractivity contribution >= 4 is 23.6 Å². The molecule has 0 spiro atoms. The van der Waals surface area contributed by atoms with Crippen molar-refractivity contribution in [2.75, 3.05) is 37.8 Å². The maximum absolute atomic E-state index is 12.5. The van der Waals surface area contributed by atoms with Crippen LogP contribution in [0.4, 0.5) is 0 Å². The van der Waals surface area contributed by atoms with Crippen molar-refractivity contribution < 1.29 is 9.59 Å². The summed E-state index contributed by atoms with van der Waals surface area (Å²) in [6, 6.07) is 3.40. The fourth-order valence-corrected chi connectivity index (χ4v) is 3.73. The Labute approximate surface area is 134 Å². The van der Waals surface area contributed by atoms with Gasteiger partial charge in [0.05, 0.1) is 6.04 Å². The van der Waals surface area contributed by atoms with Crippen LogP contribution in [-0.2, 0) is 4.79 Å². The van der Waals surface area contributed by atoms with Gasteiger partial charge in [0.1, 0.15) is 0 Å². The first-order valence-corrected chi connectivity index (χ1v) is 8.70. The molecule has 7 heteroatoms. The van der Waals surface area contributed by atoms with Gasteiger partial charge in [0.15, 0.2) is 0 Å². The number of hydrogen-bond acceptors (Lipinski definition) is 5. The summed E-state index contributed by atoms with van der Waals surface area (Å²) in [6.45, 7) is 2.62. The highest BCUT2D eigenvalue weighted by atomic mass is 32.2. The van der Waals surface area contributed by atoms with Crippen molar-refractivity contribution in [1.29, 1.82) is 0 Å². The van der Waals surface area contributed by atoms with E-state index in [1.807, 2.05) is 9.80 Å². The number of pyridine rings is 1. The van der Waals surface area contributed by atoms with Crippen molar-refractivity contribution in [1.82, 2.24) is 20.1 Å². The molecule has 0 bridgehead atoms. The lowest BCUT2D eigenvalue weighted by molar-refractivity contribution is -0.132. The van der Waals surface area contributed by atoms with Crippen molar-refractivity contribution in [3.8, 4) is 0 Å². The van der Waals surface area contributed by atoms with E-state index in [0.29, 0.717) is 25.2 Å². The molecule has 1 aromatic rings. The van der Waals surface area contributed by atoms with E-state index in [0.717, 1.165) is 24.6 Å². The van der Waals surface area contributed by atoms with Crippen LogP contribution in [0.1, 0.15) is 16.8 Å². The summed E-state index contributed by atoms with van der Waals surface area (Å²) >= 11 is 1.75. The van der Waals surface area contributed by atoms with Crippen molar-refractivity contribution in [2.24, 2.45) is 0 Å². The second-order valence-corrected chi connectivity index (χ2v) is 6.51. The van der Waals surface area contributed by atoms with Crippen LogP contribution in [0.5, 0.6) is 0 Å². The third-order valence-corrected chi connectivity index (χ3v) is 4.98. The van der Waals surface area contributed by atoms with Crippen LogP contribution in [0.3, 0.4) is 0 Å². The summed E-state index contributed by atoms with van der Waals surface area (Å²) in [4.78, 5) is 32.6. The van der Waals surface area contributed by atoms with Crippen molar-refractivity contribution in [3.63, 3.8) is 0 Å². The van der Waals surface area contributed by atoms with E-state index in [9.17, 15) is 9.59 Å². The zero-order valence-corrected chi connectivity index (χ0v) is 13.2. The van der Waals surface area contributed by atoms with E-state index >= 15 is 0 Å². The van der Waals surface area contributed by atoms with Crippen LogP contribution >= 0.6 is 11.8 Å². The fraction of sp³-hybridized carbons (Fsp3) is 0.533. The molecule has 1 aromatic heterocycles. The van der Waals surface area contributed by atoms with Crippen LogP contribution in [0.15, 0.2) is 24.5 Å². The number of carbonyl (C=O) groups is 2. The van der Waals surface area contributed by atoms with Gasteiger partial charge < -0.3 is 9.80 Å². The maximum Gasteiger partial charge on any atom is 0.254 e. The van der Waals surface area contributed by atoms with Gasteiger partial charge in [0.25, 0.3) is 5.91 Å². The summed E-state index contributed by atoms with van der Waals surface area (Å²) in [5.74, 6) is 1.88. The molecule has 2 aliphatic heterocycles. The molecule has 0 saturated carbocycles. The number of hydrogen-bond donors (Lipinski definition) is 1. The van der Waals surface area contributed by atoms with Crippen LogP contribution < -0.4 is 5.32 Å². The zero-order chi connectivity index (χ0) is 15.4. The second kappa shape index (κ2) is 7.11. The van der Waals surface area contributed by atoms with E-state index in [2.05, 4.69) is 10.3 Å². The Morgan fingerprint density at radius 3 is 2.59 bits per heavy atom. The Morgan fingerprint density at radius 1 is 1.14 bits per heavy atom. The summed E-state index contributed by atoms with van der Waals surface area (Å²) in [7, 11) is 0. The molecule has 6 nitrogen and oxygen atoms in total. The minimum atomic E-state index is -0.0625. The molecule has 2 saturated heterocycles. The van der Waals surface area contributed by atoms with Crippen molar-refractivity contribution in [3.05, 3.63) is 30.1 Å². The van der Waals surface area contributed by atoms with E-state index in [4.69, 9.17) is 0 Å². The van der Waals surface area contributed by atoms with Gasteiger partial charge in [-0.3, -0.25) is 19.9 Å². The Morgan fingerprint density at radius 2 is 1.86 bits per heavy atom. The normalized spacial score (nSPS) is 22.5. The minimum Gasteiger partial charge on any atom is -0.339 e. The van der Waals surface area contributed by atoms with Gasteiger partial charge in [-0.25, -0.2) is 0 Å². The number of carbonyl (C=O) groups excluding carboxylic acids is 2. The Bertz CT molecular complexity index is 534. The van der Waals surface area contributed by atoms with Gasteiger partial charge >= 0.3 is 0 Å². The molecule has 3 heterocycles. The molecule has 1 atom stereocenters. The van der Waals surface area contributed by atoms with E-state index < -0.39 is 0 Å². The lowest BCUT2D eigenvalue weighted by Gasteiger charge is -2.24. The quantitative estimate of drug-likeness (QED) is 0.855. The average Bonchev–Trinajstić information content (AvgIpc) is 2.99. The highest BCUT2D eigenvalue weighted by Crippen LogP contribution is 2.14. The second-order valence-electron chi connectivity index (χ2n) is 5.48. The topological polar surface area (TPSA) is 65.5 Å². The number of thioether (sulfide) groups is 1. The summed E-state index contributed by atoms with van der Waals surface area (Å²) in [5, 5.41) is 3.22. The average molecular weight is 320 g/mol. The largest absolute Gasteiger partial charge is 0.339 e. The SMILES string of the molecule is O=C(c1ccncc1)N1CCCN(C(=O)C2CSCN2)CC1. The monoisotopic (exact) mass is 320 g/mol. The van der Waals surface area contributed by atoms with E-state index in [-0.39, 0.29) is 17.9 Å². The highest BCUT2D eigenvalue weighted by Gasteiger charge is 2.29. The van der Waals surface area contributed by atoms with E-state index in [1.54, 1.807) is 36.3 Å². The van der Waals surface area contributed by atoms with Crippen LogP contribution in [-0.4, -0.2) is 70.4 Å². The van der Waals surface area contributed by atoms with Crippen molar-refractivity contribution in [2.45, 2.75) is 12.5 Å². The standard InChI is InChI=1S/C15H20N4O2S/c20-14(12-2-4-16-5-3-12)18-6-1-7-19(9-8-18)15(21)13-10-22-11-17-13/h2-5,13,17H,1,6-11H2. The lowest BCUT2D eigenvalue weighted by Crippen LogP contribution is -2.46. The Balaban J connectivity index is 1.60. The van der Waals surface area contributed by atoms with E-state index in [1.165, 1.54) is 0 Å². The summed E-state index contributed by atoms with van der Waals surface area (Å²) in [6.07, 6.45) is 4.08. The zero-order valence-electron chi connectivity index (χ0n) is 12.4. The number of nitrogens with zero attached hydrogens (tertiary/aromatic N) is 3. The molecule has 0 aliphatic carbocycles. The molecule has 0 radical (unpaired) electrons. The third-order valence-electron chi connectivity index (χ3n) is 4.04. The number of rotatable bonds is 2. The lowest BCUT2D eigenvalue weighted by atomic mass is 10.2. The predicted octanol–water partition coefficient (Wildman–Crippen LogP) is 0.419. The molecule has 2 amide bonds. The third kappa shape index (κ3) is 3.41. The van der Waals surface area contributed by atoms with Crippen LogP contribution in [0.2, 0.25) is 0 Å². The summed E-state index contributed by atoms with van der Waals surface area (Å²) < 4.78 is 0. The molecule has 3 rings (SSSR count). The highest BCUT2D eigenvalue weighted by molar-refractivity contribution is 7.99. The molecular weight excluding hydrogens is 300 g/mol. The number of nitrogens with one attached hydrogen (secondary N) is 1. The van der Waals surface area contributed by atoms with Gasteiger partial charge in [0, 0.05) is 55.8 Å².